The van der Waals surface area contributed by atoms with Crippen LogP contribution in [0.25, 0.3) is 0 Å². The molecule has 0 aliphatic carbocycles. The third-order valence-corrected chi connectivity index (χ3v) is 6.27. The fourth-order valence-electron chi connectivity index (χ4n) is 3.91. The van der Waals surface area contributed by atoms with Crippen LogP contribution in [0.2, 0.25) is 0 Å². The summed E-state index contributed by atoms with van der Waals surface area (Å²) in [5.41, 5.74) is 1.41. The van der Waals surface area contributed by atoms with Crippen molar-refractivity contribution in [1.29, 1.82) is 0 Å². The molecule has 4 rings (SSSR count). The SMILES string of the molecule is Cc1nccn1[C@H]1CCCN(C(=O)CN2CCc3sccc3C2)C1. The lowest BCUT2D eigenvalue weighted by molar-refractivity contribution is -0.134. The number of piperidine rings is 1. The van der Waals surface area contributed by atoms with Crippen LogP contribution in [0.1, 0.15) is 35.1 Å². The number of imidazole rings is 1. The zero-order valence-corrected chi connectivity index (χ0v) is 15.0. The number of fused-ring (bicyclic) bond motifs is 1. The molecule has 5 nitrogen and oxygen atoms in total. The normalized spacial score (nSPS) is 21.7. The Hall–Kier alpha value is -1.66. The minimum absolute atomic E-state index is 0.274. The molecule has 1 fully saturated rings. The van der Waals surface area contributed by atoms with Crippen LogP contribution < -0.4 is 0 Å². The van der Waals surface area contributed by atoms with Gasteiger partial charge in [0.1, 0.15) is 5.82 Å². The van der Waals surface area contributed by atoms with Gasteiger partial charge >= 0.3 is 0 Å². The highest BCUT2D eigenvalue weighted by Gasteiger charge is 2.27. The minimum atomic E-state index is 0.274. The molecule has 0 spiro atoms. The number of thiophene rings is 1. The van der Waals surface area contributed by atoms with E-state index in [1.165, 1.54) is 10.4 Å². The molecule has 0 aromatic carbocycles. The number of amides is 1. The highest BCUT2D eigenvalue weighted by molar-refractivity contribution is 7.10. The van der Waals surface area contributed by atoms with Gasteiger partial charge in [-0.25, -0.2) is 4.98 Å². The van der Waals surface area contributed by atoms with Crippen molar-refractivity contribution in [1.82, 2.24) is 19.4 Å². The third kappa shape index (κ3) is 3.13. The Morgan fingerprint density at radius 3 is 3.17 bits per heavy atom. The molecule has 2 aliphatic heterocycles. The van der Waals surface area contributed by atoms with Crippen molar-refractivity contribution in [2.24, 2.45) is 0 Å². The number of hydrogen-bond donors (Lipinski definition) is 0. The van der Waals surface area contributed by atoms with E-state index in [0.717, 1.165) is 51.3 Å². The average Bonchev–Trinajstić information content (AvgIpc) is 3.23. The van der Waals surface area contributed by atoms with Crippen molar-refractivity contribution >= 4 is 17.2 Å². The lowest BCUT2D eigenvalue weighted by Crippen LogP contribution is -2.46. The molecule has 6 heteroatoms. The van der Waals surface area contributed by atoms with E-state index < -0.39 is 0 Å². The monoisotopic (exact) mass is 344 g/mol. The Morgan fingerprint density at radius 2 is 2.33 bits per heavy atom. The second kappa shape index (κ2) is 6.69. The summed E-state index contributed by atoms with van der Waals surface area (Å²) in [6.07, 6.45) is 7.17. The predicted octanol–water partition coefficient (Wildman–Crippen LogP) is 2.47. The topological polar surface area (TPSA) is 41.4 Å². The Balaban J connectivity index is 1.37. The van der Waals surface area contributed by atoms with Crippen LogP contribution in [0.5, 0.6) is 0 Å². The summed E-state index contributed by atoms with van der Waals surface area (Å²) in [5.74, 6) is 1.31. The molecular weight excluding hydrogens is 320 g/mol. The van der Waals surface area contributed by atoms with Gasteiger partial charge in [0, 0.05) is 43.4 Å². The maximum atomic E-state index is 12.8. The van der Waals surface area contributed by atoms with E-state index in [-0.39, 0.29) is 5.91 Å². The first kappa shape index (κ1) is 15.8. The largest absolute Gasteiger partial charge is 0.340 e. The number of aromatic nitrogens is 2. The van der Waals surface area contributed by atoms with Gasteiger partial charge in [0.05, 0.1) is 12.6 Å². The number of carbonyl (C=O) groups excluding carboxylic acids is 1. The molecule has 1 amide bonds. The molecule has 0 N–H and O–H groups in total. The van der Waals surface area contributed by atoms with Crippen LogP contribution in [-0.4, -0.2) is 51.4 Å². The van der Waals surface area contributed by atoms with Gasteiger partial charge in [0.15, 0.2) is 0 Å². The zero-order valence-electron chi connectivity index (χ0n) is 14.1. The lowest BCUT2D eigenvalue weighted by atomic mass is 10.0. The Bertz CT molecular complexity index is 722. The number of rotatable bonds is 3. The van der Waals surface area contributed by atoms with Gasteiger partial charge in [-0.15, -0.1) is 11.3 Å². The van der Waals surface area contributed by atoms with Gasteiger partial charge < -0.3 is 9.47 Å². The Morgan fingerprint density at radius 1 is 1.42 bits per heavy atom. The molecule has 1 saturated heterocycles. The Kier molecular flexibility index (Phi) is 4.41. The van der Waals surface area contributed by atoms with Gasteiger partial charge in [-0.1, -0.05) is 0 Å². The molecule has 1 atom stereocenters. The molecule has 128 valence electrons. The maximum Gasteiger partial charge on any atom is 0.236 e. The molecule has 0 radical (unpaired) electrons. The summed E-state index contributed by atoms with van der Waals surface area (Å²) < 4.78 is 2.22. The first-order valence-electron chi connectivity index (χ1n) is 8.75. The quantitative estimate of drug-likeness (QED) is 0.859. The minimum Gasteiger partial charge on any atom is -0.340 e. The summed E-state index contributed by atoms with van der Waals surface area (Å²) in [7, 11) is 0. The fraction of sp³-hybridized carbons (Fsp3) is 0.556. The van der Waals surface area contributed by atoms with Gasteiger partial charge in [-0.2, -0.15) is 0 Å². The average molecular weight is 344 g/mol. The van der Waals surface area contributed by atoms with Crippen molar-refractivity contribution in [3.63, 3.8) is 0 Å². The van der Waals surface area contributed by atoms with Gasteiger partial charge in [0.25, 0.3) is 0 Å². The number of likely N-dealkylation sites (tertiary alicyclic amines) is 1. The Labute approximate surface area is 146 Å². The van der Waals surface area contributed by atoms with Crippen LogP contribution in [0.15, 0.2) is 23.8 Å². The molecule has 2 aromatic rings. The summed E-state index contributed by atoms with van der Waals surface area (Å²) in [6, 6.07) is 2.57. The standard InChI is InChI=1S/C18H24N4OS/c1-14-19-6-9-22(14)16-3-2-7-21(12-16)18(23)13-20-8-4-17-15(11-20)5-10-24-17/h5-6,9-10,16H,2-4,7-8,11-13H2,1H3/t16-/m0/s1. The van der Waals surface area contributed by atoms with Gasteiger partial charge in [-0.3, -0.25) is 9.69 Å². The molecule has 0 unspecified atom stereocenters. The molecule has 4 heterocycles. The van der Waals surface area contributed by atoms with E-state index in [1.54, 1.807) is 0 Å². The van der Waals surface area contributed by atoms with Crippen LogP contribution >= 0.6 is 11.3 Å². The molecular formula is C18H24N4OS. The summed E-state index contributed by atoms with van der Waals surface area (Å²) in [6.45, 7) is 6.20. The van der Waals surface area contributed by atoms with E-state index in [0.29, 0.717) is 12.6 Å². The highest BCUT2D eigenvalue weighted by atomic mass is 32.1. The first-order chi connectivity index (χ1) is 11.7. The molecule has 2 aliphatic rings. The second-order valence-electron chi connectivity index (χ2n) is 6.85. The molecule has 0 bridgehead atoms. The van der Waals surface area contributed by atoms with Crippen LogP contribution in [-0.2, 0) is 17.8 Å². The van der Waals surface area contributed by atoms with E-state index in [2.05, 4.69) is 30.8 Å². The lowest BCUT2D eigenvalue weighted by Gasteiger charge is -2.35. The van der Waals surface area contributed by atoms with Crippen LogP contribution in [0, 0.1) is 6.92 Å². The summed E-state index contributed by atoms with van der Waals surface area (Å²) in [4.78, 5) is 22.9. The van der Waals surface area contributed by atoms with E-state index in [4.69, 9.17) is 0 Å². The third-order valence-electron chi connectivity index (χ3n) is 5.25. The predicted molar refractivity (Wildman–Crippen MR) is 95.1 cm³/mol. The highest BCUT2D eigenvalue weighted by Crippen LogP contribution is 2.25. The van der Waals surface area contributed by atoms with Crippen molar-refractivity contribution in [2.45, 2.75) is 38.8 Å². The van der Waals surface area contributed by atoms with E-state index in [1.807, 2.05) is 30.7 Å². The summed E-state index contributed by atoms with van der Waals surface area (Å²) >= 11 is 1.84. The number of aryl methyl sites for hydroxylation is 1. The smallest absolute Gasteiger partial charge is 0.236 e. The number of nitrogens with zero attached hydrogens (tertiary/aromatic N) is 4. The molecule has 0 saturated carbocycles. The van der Waals surface area contributed by atoms with Crippen molar-refractivity contribution < 1.29 is 4.79 Å². The fourth-order valence-corrected chi connectivity index (χ4v) is 4.80. The van der Waals surface area contributed by atoms with Gasteiger partial charge in [-0.05, 0) is 43.2 Å². The van der Waals surface area contributed by atoms with Crippen molar-refractivity contribution in [3.05, 3.63) is 40.1 Å². The van der Waals surface area contributed by atoms with Crippen molar-refractivity contribution in [2.75, 3.05) is 26.2 Å². The second-order valence-corrected chi connectivity index (χ2v) is 7.85. The molecule has 2 aromatic heterocycles. The number of hydrogen-bond acceptors (Lipinski definition) is 4. The van der Waals surface area contributed by atoms with Gasteiger partial charge in [0.2, 0.25) is 5.91 Å². The first-order valence-corrected chi connectivity index (χ1v) is 9.63. The number of carbonyl (C=O) groups is 1. The maximum absolute atomic E-state index is 12.8. The zero-order chi connectivity index (χ0) is 16.5. The van der Waals surface area contributed by atoms with Crippen LogP contribution in [0.3, 0.4) is 0 Å². The van der Waals surface area contributed by atoms with Crippen LogP contribution in [0.4, 0.5) is 0 Å². The summed E-state index contributed by atoms with van der Waals surface area (Å²) in [5, 5.41) is 2.17. The van der Waals surface area contributed by atoms with E-state index in [9.17, 15) is 4.79 Å². The van der Waals surface area contributed by atoms with Crippen molar-refractivity contribution in [3.8, 4) is 0 Å². The molecule has 24 heavy (non-hydrogen) atoms. The van der Waals surface area contributed by atoms with E-state index >= 15 is 0 Å².